The minimum atomic E-state index is -1.06. The molecule has 0 heterocycles. The zero-order valence-electron chi connectivity index (χ0n) is 10.2. The Labute approximate surface area is 127 Å². The minimum absolute atomic E-state index is 0.0778. The van der Waals surface area contributed by atoms with Crippen molar-refractivity contribution in [2.75, 3.05) is 11.1 Å². The number of anilines is 2. The largest absolute Gasteiger partial charge is 0.394 e. The van der Waals surface area contributed by atoms with Crippen molar-refractivity contribution in [3.63, 3.8) is 0 Å². The number of halogens is 5. The topological polar surface area (TPSA) is 55.1 Å². The average Bonchev–Trinajstić information content (AvgIpc) is 2.41. The predicted molar refractivity (Wildman–Crippen MR) is 75.1 cm³/mol. The first-order chi connectivity index (χ1) is 9.79. The first-order valence-corrected chi connectivity index (χ1v) is 6.25. The van der Waals surface area contributed by atoms with Gasteiger partial charge in [-0.1, -0.05) is 23.2 Å². The third kappa shape index (κ3) is 3.22. The average molecular weight is 335 g/mol. The van der Waals surface area contributed by atoms with E-state index < -0.39 is 29.0 Å². The van der Waals surface area contributed by atoms with Crippen LogP contribution in [-0.4, -0.2) is 5.91 Å². The van der Waals surface area contributed by atoms with Gasteiger partial charge in [-0.2, -0.15) is 0 Å². The lowest BCUT2D eigenvalue weighted by molar-refractivity contribution is 0.102. The van der Waals surface area contributed by atoms with E-state index in [9.17, 15) is 18.0 Å². The lowest BCUT2D eigenvalue weighted by Crippen LogP contribution is -2.13. The first kappa shape index (κ1) is 15.5. The molecule has 1 amide bonds. The summed E-state index contributed by atoms with van der Waals surface area (Å²) < 4.78 is 39.8. The highest BCUT2D eigenvalue weighted by molar-refractivity contribution is 6.35. The van der Waals surface area contributed by atoms with Crippen LogP contribution in [0.1, 0.15) is 10.4 Å². The van der Waals surface area contributed by atoms with Crippen LogP contribution in [0.4, 0.5) is 24.5 Å². The second-order valence-electron chi connectivity index (χ2n) is 4.06. The van der Waals surface area contributed by atoms with Crippen molar-refractivity contribution >= 4 is 40.5 Å². The Morgan fingerprint density at radius 2 is 1.48 bits per heavy atom. The number of nitrogens with one attached hydrogen (secondary N) is 1. The van der Waals surface area contributed by atoms with E-state index in [4.69, 9.17) is 28.9 Å². The van der Waals surface area contributed by atoms with Gasteiger partial charge in [0.2, 0.25) is 0 Å². The van der Waals surface area contributed by atoms with Crippen LogP contribution in [0.5, 0.6) is 0 Å². The lowest BCUT2D eigenvalue weighted by atomic mass is 10.1. The van der Waals surface area contributed by atoms with Crippen molar-refractivity contribution < 1.29 is 18.0 Å². The molecule has 2 rings (SSSR count). The maximum Gasteiger partial charge on any atom is 0.255 e. The summed E-state index contributed by atoms with van der Waals surface area (Å²) in [5, 5.41) is 1.70. The minimum Gasteiger partial charge on any atom is -0.394 e. The predicted octanol–water partition coefficient (Wildman–Crippen LogP) is 4.25. The number of benzene rings is 2. The highest BCUT2D eigenvalue weighted by Crippen LogP contribution is 2.27. The van der Waals surface area contributed by atoms with Crippen LogP contribution < -0.4 is 11.1 Å². The summed E-state index contributed by atoms with van der Waals surface area (Å²) in [6.07, 6.45) is 0. The third-order valence-electron chi connectivity index (χ3n) is 2.58. The molecule has 0 fully saturated rings. The number of hydrogen-bond donors (Lipinski definition) is 2. The summed E-state index contributed by atoms with van der Waals surface area (Å²) in [5.74, 6) is -3.78. The molecule has 21 heavy (non-hydrogen) atoms. The molecule has 0 spiro atoms. The summed E-state index contributed by atoms with van der Waals surface area (Å²) in [4.78, 5) is 11.9. The smallest absolute Gasteiger partial charge is 0.255 e. The van der Waals surface area contributed by atoms with Gasteiger partial charge in [-0.25, -0.2) is 13.2 Å². The van der Waals surface area contributed by atoms with Gasteiger partial charge in [0.25, 0.3) is 5.91 Å². The van der Waals surface area contributed by atoms with Crippen molar-refractivity contribution in [1.82, 2.24) is 0 Å². The molecule has 0 aliphatic rings. The van der Waals surface area contributed by atoms with Crippen LogP contribution >= 0.6 is 23.2 Å². The Morgan fingerprint density at radius 3 is 1.95 bits per heavy atom. The molecule has 0 aliphatic heterocycles. The Balaban J connectivity index is 2.30. The van der Waals surface area contributed by atoms with Gasteiger partial charge < -0.3 is 11.1 Å². The van der Waals surface area contributed by atoms with Gasteiger partial charge in [0, 0.05) is 11.3 Å². The molecular weight excluding hydrogens is 328 g/mol. The van der Waals surface area contributed by atoms with E-state index >= 15 is 0 Å². The second-order valence-corrected chi connectivity index (χ2v) is 4.88. The van der Waals surface area contributed by atoms with Crippen LogP contribution in [0.25, 0.3) is 0 Å². The van der Waals surface area contributed by atoms with E-state index in [0.29, 0.717) is 0 Å². The summed E-state index contributed by atoms with van der Waals surface area (Å²) in [6.45, 7) is 0. The highest BCUT2D eigenvalue weighted by atomic mass is 35.5. The fraction of sp³-hybridized carbons (Fsp3) is 0. The molecule has 2 aromatic carbocycles. The Hall–Kier alpha value is -1.92. The number of rotatable bonds is 2. The maximum atomic E-state index is 13.3. The van der Waals surface area contributed by atoms with Crippen LogP contribution in [0.2, 0.25) is 10.0 Å². The first-order valence-electron chi connectivity index (χ1n) is 5.50. The molecule has 0 saturated heterocycles. The van der Waals surface area contributed by atoms with E-state index in [0.717, 1.165) is 24.3 Å². The van der Waals surface area contributed by atoms with Gasteiger partial charge in [0.15, 0.2) is 5.82 Å². The number of nitrogen functional groups attached to an aromatic ring is 1. The van der Waals surface area contributed by atoms with E-state index in [1.807, 2.05) is 0 Å². The van der Waals surface area contributed by atoms with Crippen molar-refractivity contribution in [2.45, 2.75) is 0 Å². The standard InChI is InChI=1S/C13H7Cl2F3N2O/c14-7-3-6(4-8(15)11(7)18)20-13(21)5-1-9(16)12(19)10(17)2-5/h1-4H,19H2,(H,20,21). The molecule has 3 N–H and O–H groups in total. The third-order valence-corrected chi connectivity index (χ3v) is 3.13. The second kappa shape index (κ2) is 5.83. The molecule has 0 unspecified atom stereocenters. The lowest BCUT2D eigenvalue weighted by Gasteiger charge is -2.08. The number of hydrogen-bond acceptors (Lipinski definition) is 2. The van der Waals surface area contributed by atoms with Gasteiger partial charge in [0.1, 0.15) is 17.3 Å². The molecular formula is C13H7Cl2F3N2O. The van der Waals surface area contributed by atoms with Gasteiger partial charge >= 0.3 is 0 Å². The monoisotopic (exact) mass is 334 g/mol. The Morgan fingerprint density at radius 1 is 1.00 bits per heavy atom. The van der Waals surface area contributed by atoms with Crippen molar-refractivity contribution in [1.29, 1.82) is 0 Å². The van der Waals surface area contributed by atoms with Crippen LogP contribution in [0, 0.1) is 17.5 Å². The van der Waals surface area contributed by atoms with Crippen LogP contribution in [-0.2, 0) is 0 Å². The molecule has 3 nitrogen and oxygen atoms in total. The van der Waals surface area contributed by atoms with Gasteiger partial charge in [0.05, 0.1) is 10.0 Å². The normalized spacial score (nSPS) is 10.5. The number of carbonyl (C=O) groups is 1. The summed E-state index contributed by atoms with van der Waals surface area (Å²) in [5.41, 5.74) is 4.20. The van der Waals surface area contributed by atoms with Gasteiger partial charge in [-0.3, -0.25) is 4.79 Å². The zero-order chi connectivity index (χ0) is 15.7. The summed E-state index contributed by atoms with van der Waals surface area (Å²) in [6, 6.07) is 3.79. The molecule has 0 aromatic heterocycles. The van der Waals surface area contributed by atoms with E-state index in [-0.39, 0.29) is 21.3 Å². The molecule has 2 aromatic rings. The Kier molecular flexibility index (Phi) is 4.29. The summed E-state index contributed by atoms with van der Waals surface area (Å²) >= 11 is 11.1. The highest BCUT2D eigenvalue weighted by Gasteiger charge is 2.15. The number of nitrogens with two attached hydrogens (primary N) is 1. The van der Waals surface area contributed by atoms with Gasteiger partial charge in [-0.05, 0) is 24.3 Å². The van der Waals surface area contributed by atoms with E-state index in [2.05, 4.69) is 5.32 Å². The SMILES string of the molecule is Nc1c(F)cc(C(=O)Nc2cc(Cl)c(F)c(Cl)c2)cc1F. The van der Waals surface area contributed by atoms with E-state index in [1.54, 1.807) is 0 Å². The summed E-state index contributed by atoms with van der Waals surface area (Å²) in [7, 11) is 0. The zero-order valence-corrected chi connectivity index (χ0v) is 11.7. The van der Waals surface area contributed by atoms with Crippen LogP contribution in [0.3, 0.4) is 0 Å². The number of amides is 1. The fourth-order valence-electron chi connectivity index (χ4n) is 1.55. The van der Waals surface area contributed by atoms with Gasteiger partial charge in [-0.15, -0.1) is 0 Å². The molecule has 0 radical (unpaired) electrons. The molecule has 0 atom stereocenters. The van der Waals surface area contributed by atoms with Crippen molar-refractivity contribution in [3.8, 4) is 0 Å². The van der Waals surface area contributed by atoms with Crippen molar-refractivity contribution in [3.05, 3.63) is 57.3 Å². The quantitative estimate of drug-likeness (QED) is 0.637. The fourth-order valence-corrected chi connectivity index (χ4v) is 2.03. The van der Waals surface area contributed by atoms with Crippen LogP contribution in [0.15, 0.2) is 24.3 Å². The molecule has 8 heteroatoms. The number of carbonyl (C=O) groups excluding carboxylic acids is 1. The van der Waals surface area contributed by atoms with Crippen molar-refractivity contribution in [2.24, 2.45) is 0 Å². The molecule has 0 saturated carbocycles. The molecule has 0 aliphatic carbocycles. The molecule has 110 valence electrons. The van der Waals surface area contributed by atoms with E-state index in [1.165, 1.54) is 0 Å². The maximum absolute atomic E-state index is 13.3. The Bertz CT molecular complexity index is 691. The molecule has 0 bridgehead atoms.